The number of aryl methyl sites for hydroxylation is 2. The van der Waals surface area contributed by atoms with Gasteiger partial charge in [-0.1, -0.05) is 17.7 Å². The number of halogens is 1. The lowest BCUT2D eigenvalue weighted by molar-refractivity contribution is 0.201. The Balaban J connectivity index is 1.88. The van der Waals surface area contributed by atoms with Crippen LogP contribution in [0.1, 0.15) is 17.0 Å². The minimum atomic E-state index is -1.14. The fourth-order valence-electron chi connectivity index (χ4n) is 3.73. The van der Waals surface area contributed by atoms with Crippen molar-refractivity contribution in [3.63, 3.8) is 0 Å². The van der Waals surface area contributed by atoms with Crippen LogP contribution in [-0.2, 0) is 6.54 Å². The highest BCUT2D eigenvalue weighted by Gasteiger charge is 2.24. The molecule has 1 aromatic carbocycles. The van der Waals surface area contributed by atoms with Crippen molar-refractivity contribution in [3.05, 3.63) is 64.7 Å². The molecule has 0 spiro atoms. The first-order valence-electron chi connectivity index (χ1n) is 10.0. The lowest BCUT2D eigenvalue weighted by Crippen LogP contribution is -2.30. The van der Waals surface area contributed by atoms with E-state index >= 15 is 0 Å². The Morgan fingerprint density at radius 2 is 1.88 bits per heavy atom. The van der Waals surface area contributed by atoms with Gasteiger partial charge in [-0.3, -0.25) is 9.88 Å². The van der Waals surface area contributed by atoms with Gasteiger partial charge < -0.3 is 14.6 Å². The number of nitrogens with zero attached hydrogens (tertiary/aromatic N) is 5. The van der Waals surface area contributed by atoms with Crippen LogP contribution in [0.2, 0.25) is 5.15 Å². The number of anilines is 1. The molecule has 33 heavy (non-hydrogen) atoms. The highest BCUT2D eigenvalue weighted by Crippen LogP contribution is 2.36. The zero-order valence-corrected chi connectivity index (χ0v) is 19.3. The number of amides is 1. The number of aromatic nitrogens is 4. The van der Waals surface area contributed by atoms with E-state index in [0.717, 1.165) is 16.8 Å². The van der Waals surface area contributed by atoms with Gasteiger partial charge in [0.05, 0.1) is 26.5 Å². The molecule has 0 bridgehead atoms. The van der Waals surface area contributed by atoms with Gasteiger partial charge in [-0.05, 0) is 49.2 Å². The number of pyridine rings is 1. The van der Waals surface area contributed by atoms with Crippen LogP contribution in [0.5, 0.6) is 11.5 Å². The number of hydrogen-bond acceptors (Lipinski definition) is 6. The fourth-order valence-corrected chi connectivity index (χ4v) is 3.91. The molecule has 9 nitrogen and oxygen atoms in total. The fraction of sp³-hybridized carbons (Fsp3) is 0.217. The summed E-state index contributed by atoms with van der Waals surface area (Å²) in [6.45, 7) is 3.77. The van der Waals surface area contributed by atoms with Gasteiger partial charge in [0.2, 0.25) is 0 Å². The lowest BCUT2D eigenvalue weighted by atomic mass is 10.1. The third-order valence-electron chi connectivity index (χ3n) is 5.20. The van der Waals surface area contributed by atoms with E-state index in [0.29, 0.717) is 28.4 Å². The molecule has 3 aromatic heterocycles. The Labute approximate surface area is 195 Å². The van der Waals surface area contributed by atoms with E-state index in [1.165, 1.54) is 15.5 Å². The molecule has 0 radical (unpaired) electrons. The van der Waals surface area contributed by atoms with Crippen molar-refractivity contribution in [3.8, 4) is 22.6 Å². The number of benzene rings is 1. The number of hydrogen-bond donors (Lipinski definition) is 1. The predicted molar refractivity (Wildman–Crippen MR) is 124 cm³/mol. The Morgan fingerprint density at radius 3 is 2.55 bits per heavy atom. The van der Waals surface area contributed by atoms with Crippen LogP contribution in [0.25, 0.3) is 16.8 Å². The molecule has 1 N–H and O–H groups in total. The summed E-state index contributed by atoms with van der Waals surface area (Å²) in [6.07, 6.45) is 0.501. The highest BCUT2D eigenvalue weighted by atomic mass is 35.5. The Kier molecular flexibility index (Phi) is 6.06. The molecule has 0 aliphatic heterocycles. The summed E-state index contributed by atoms with van der Waals surface area (Å²) in [5.41, 5.74) is 4.16. The summed E-state index contributed by atoms with van der Waals surface area (Å²) in [7, 11) is 3.12. The number of carbonyl (C=O) groups is 1. The molecular formula is C23H22ClN5O4. The maximum atomic E-state index is 12.2. The molecule has 4 rings (SSSR count). The minimum Gasteiger partial charge on any atom is -0.493 e. The van der Waals surface area contributed by atoms with Crippen molar-refractivity contribution in [1.82, 2.24) is 19.6 Å². The second kappa shape index (κ2) is 8.95. The Bertz CT molecular complexity index is 1350. The molecule has 0 aliphatic rings. The van der Waals surface area contributed by atoms with Gasteiger partial charge >= 0.3 is 6.09 Å². The van der Waals surface area contributed by atoms with Crippen LogP contribution in [-0.4, -0.2) is 45.0 Å². The maximum absolute atomic E-state index is 12.2. The summed E-state index contributed by atoms with van der Waals surface area (Å²) in [5.74, 6) is 1.42. The second-order valence-corrected chi connectivity index (χ2v) is 7.76. The summed E-state index contributed by atoms with van der Waals surface area (Å²) in [4.78, 5) is 22.0. The summed E-state index contributed by atoms with van der Waals surface area (Å²) >= 11 is 6.35. The van der Waals surface area contributed by atoms with E-state index in [4.69, 9.17) is 21.1 Å². The van der Waals surface area contributed by atoms with E-state index in [2.05, 4.69) is 15.1 Å². The van der Waals surface area contributed by atoms with E-state index in [9.17, 15) is 9.90 Å². The normalized spacial score (nSPS) is 10.9. The highest BCUT2D eigenvalue weighted by molar-refractivity contribution is 6.30. The first-order valence-corrected chi connectivity index (χ1v) is 10.4. The monoisotopic (exact) mass is 467 g/mol. The summed E-state index contributed by atoms with van der Waals surface area (Å²) in [5, 5.41) is 14.7. The first kappa shape index (κ1) is 22.3. The van der Waals surface area contributed by atoms with Gasteiger partial charge in [-0.2, -0.15) is 9.61 Å². The third-order valence-corrected chi connectivity index (χ3v) is 5.39. The number of rotatable bonds is 6. The Hall–Kier alpha value is -3.85. The topological polar surface area (TPSA) is 102 Å². The van der Waals surface area contributed by atoms with Crippen LogP contribution in [0, 0.1) is 13.8 Å². The SMILES string of the molecule is COc1ccc(-c2c(C)nn3c(N(Cc4ccnc(C)c4)C(=O)O)cc(Cl)nc23)cc1OC. The number of methoxy groups -OCH3 is 2. The van der Waals surface area contributed by atoms with E-state index in [-0.39, 0.29) is 17.5 Å². The van der Waals surface area contributed by atoms with Gasteiger partial charge in [0.25, 0.3) is 0 Å². The molecule has 170 valence electrons. The molecule has 0 fully saturated rings. The molecular weight excluding hydrogens is 446 g/mol. The lowest BCUT2D eigenvalue weighted by Gasteiger charge is -2.20. The standard InChI is InChI=1S/C23H22ClN5O4/c1-13-9-15(7-8-25-13)12-28(23(30)31)20-11-19(24)26-22-21(14(2)27-29(20)22)16-5-6-17(32-3)18(10-16)33-4/h5-11H,12H2,1-4H3,(H,30,31). The van der Waals surface area contributed by atoms with Gasteiger partial charge in [-0.15, -0.1) is 0 Å². The summed E-state index contributed by atoms with van der Waals surface area (Å²) < 4.78 is 12.3. The van der Waals surface area contributed by atoms with Gasteiger partial charge in [-0.25, -0.2) is 9.78 Å². The van der Waals surface area contributed by atoms with Crippen molar-refractivity contribution in [1.29, 1.82) is 0 Å². The molecule has 0 aliphatic carbocycles. The second-order valence-electron chi connectivity index (χ2n) is 7.38. The van der Waals surface area contributed by atoms with Gasteiger partial charge in [0, 0.05) is 23.5 Å². The molecule has 4 aromatic rings. The van der Waals surface area contributed by atoms with Crippen molar-refractivity contribution >= 4 is 29.2 Å². The number of ether oxygens (including phenoxy) is 2. The van der Waals surface area contributed by atoms with Crippen molar-refractivity contribution in [2.45, 2.75) is 20.4 Å². The zero-order valence-electron chi connectivity index (χ0n) is 18.5. The third kappa shape index (κ3) is 4.27. The molecule has 10 heteroatoms. The van der Waals surface area contributed by atoms with Crippen molar-refractivity contribution in [2.75, 3.05) is 19.1 Å². The maximum Gasteiger partial charge on any atom is 0.413 e. The van der Waals surface area contributed by atoms with Crippen molar-refractivity contribution < 1.29 is 19.4 Å². The van der Waals surface area contributed by atoms with Crippen LogP contribution in [0.15, 0.2) is 42.6 Å². The average Bonchev–Trinajstić information content (AvgIpc) is 3.12. The molecule has 0 saturated carbocycles. The molecule has 0 atom stereocenters. The van der Waals surface area contributed by atoms with E-state index in [1.54, 1.807) is 32.5 Å². The van der Waals surface area contributed by atoms with Crippen LogP contribution < -0.4 is 14.4 Å². The number of fused-ring (bicyclic) bond motifs is 1. The van der Waals surface area contributed by atoms with Crippen LogP contribution in [0.3, 0.4) is 0 Å². The summed E-state index contributed by atoms with van der Waals surface area (Å²) in [6, 6.07) is 10.6. The van der Waals surface area contributed by atoms with E-state index in [1.807, 2.05) is 32.0 Å². The zero-order chi connectivity index (χ0) is 23.7. The van der Waals surface area contributed by atoms with Gasteiger partial charge in [0.15, 0.2) is 17.1 Å². The average molecular weight is 468 g/mol. The largest absolute Gasteiger partial charge is 0.493 e. The van der Waals surface area contributed by atoms with Crippen LogP contribution in [0.4, 0.5) is 10.6 Å². The van der Waals surface area contributed by atoms with E-state index < -0.39 is 6.09 Å². The molecule has 0 unspecified atom stereocenters. The smallest absolute Gasteiger partial charge is 0.413 e. The van der Waals surface area contributed by atoms with Crippen LogP contribution >= 0.6 is 11.6 Å². The molecule has 0 saturated heterocycles. The van der Waals surface area contributed by atoms with Gasteiger partial charge in [0.1, 0.15) is 11.0 Å². The Morgan fingerprint density at radius 1 is 1.12 bits per heavy atom. The first-order chi connectivity index (χ1) is 15.8. The molecule has 3 heterocycles. The predicted octanol–water partition coefficient (Wildman–Crippen LogP) is 4.76. The number of carboxylic acid groups (broad SMARTS) is 1. The minimum absolute atomic E-state index is 0.0960. The molecule has 1 amide bonds. The van der Waals surface area contributed by atoms with Crippen molar-refractivity contribution in [2.24, 2.45) is 0 Å². The quantitative estimate of drug-likeness (QED) is 0.408.